The zero-order valence-electron chi connectivity index (χ0n) is 14.4. The molecule has 0 saturated carbocycles. The maximum absolute atomic E-state index is 12.5. The Hall–Kier alpha value is -1.52. The standard InChI is InChI=1S/C16H21BrF3NO5/c1-15(2,3)26-14(24)21-7-6-11(22)13(23)10-5-4-9(17)8-12(10)25-16(18,19)20/h4-5,8,11,13,22-23H,6-7H2,1-3H3,(H,21,24). The predicted octanol–water partition coefficient (Wildman–Crippen LogP) is 3.66. The maximum atomic E-state index is 12.5. The maximum Gasteiger partial charge on any atom is 0.573 e. The van der Waals surface area contributed by atoms with Crippen molar-refractivity contribution in [2.45, 2.75) is 51.4 Å². The topological polar surface area (TPSA) is 88.0 Å². The predicted molar refractivity (Wildman–Crippen MR) is 90.6 cm³/mol. The van der Waals surface area contributed by atoms with E-state index in [0.29, 0.717) is 4.47 Å². The number of aliphatic hydroxyl groups is 2. The highest BCUT2D eigenvalue weighted by atomic mass is 79.9. The van der Waals surface area contributed by atoms with E-state index in [9.17, 15) is 28.2 Å². The number of halogens is 4. The van der Waals surface area contributed by atoms with E-state index in [1.165, 1.54) is 12.1 Å². The molecule has 1 aromatic carbocycles. The number of aliphatic hydroxyl groups excluding tert-OH is 2. The number of carbonyl (C=O) groups excluding carboxylic acids is 1. The Morgan fingerprint density at radius 3 is 2.42 bits per heavy atom. The number of nitrogens with one attached hydrogen (secondary N) is 1. The van der Waals surface area contributed by atoms with E-state index in [0.717, 1.165) is 6.07 Å². The number of ether oxygens (including phenoxy) is 2. The summed E-state index contributed by atoms with van der Waals surface area (Å²) in [6.45, 7) is 5.00. The van der Waals surface area contributed by atoms with Gasteiger partial charge in [0.05, 0.1) is 6.10 Å². The van der Waals surface area contributed by atoms with Gasteiger partial charge in [-0.25, -0.2) is 4.79 Å². The van der Waals surface area contributed by atoms with Crippen molar-refractivity contribution in [1.82, 2.24) is 5.32 Å². The summed E-state index contributed by atoms with van der Waals surface area (Å²) in [5.41, 5.74) is -0.918. The molecular weight excluding hydrogens is 423 g/mol. The van der Waals surface area contributed by atoms with Gasteiger partial charge in [0.1, 0.15) is 17.5 Å². The number of amides is 1. The number of carbonyl (C=O) groups is 1. The third-order valence-corrected chi connectivity index (χ3v) is 3.49. The van der Waals surface area contributed by atoms with Crippen molar-refractivity contribution < 1.29 is 37.7 Å². The van der Waals surface area contributed by atoms with Crippen molar-refractivity contribution in [3.63, 3.8) is 0 Å². The van der Waals surface area contributed by atoms with Crippen LogP contribution in [-0.2, 0) is 4.74 Å². The fraction of sp³-hybridized carbons (Fsp3) is 0.562. The monoisotopic (exact) mass is 443 g/mol. The second-order valence-corrected chi connectivity index (χ2v) is 7.38. The molecule has 0 bridgehead atoms. The smallest absolute Gasteiger partial charge is 0.444 e. The quantitative estimate of drug-likeness (QED) is 0.624. The lowest BCUT2D eigenvalue weighted by atomic mass is 10.0. The molecule has 0 heterocycles. The third kappa shape index (κ3) is 8.24. The van der Waals surface area contributed by atoms with Crippen LogP contribution in [0.2, 0.25) is 0 Å². The minimum atomic E-state index is -4.95. The molecule has 2 atom stereocenters. The number of alkyl carbamates (subject to hydrolysis) is 1. The van der Waals surface area contributed by atoms with Gasteiger partial charge in [0, 0.05) is 16.6 Å². The molecule has 1 amide bonds. The van der Waals surface area contributed by atoms with Crippen molar-refractivity contribution in [1.29, 1.82) is 0 Å². The van der Waals surface area contributed by atoms with Crippen LogP contribution in [0.1, 0.15) is 38.9 Å². The summed E-state index contributed by atoms with van der Waals surface area (Å²) in [7, 11) is 0. The van der Waals surface area contributed by atoms with Crippen molar-refractivity contribution in [2.75, 3.05) is 6.54 Å². The minimum Gasteiger partial charge on any atom is -0.444 e. The second kappa shape index (κ2) is 8.92. The third-order valence-electron chi connectivity index (χ3n) is 2.99. The van der Waals surface area contributed by atoms with E-state index in [2.05, 4.69) is 26.0 Å². The summed E-state index contributed by atoms with van der Waals surface area (Å²) >= 11 is 3.02. The first-order valence-corrected chi connectivity index (χ1v) is 8.46. The van der Waals surface area contributed by atoms with Gasteiger partial charge in [0.2, 0.25) is 0 Å². The first-order chi connectivity index (χ1) is 11.8. The lowest BCUT2D eigenvalue weighted by Crippen LogP contribution is -2.34. The molecule has 1 rings (SSSR count). The van der Waals surface area contributed by atoms with Crippen molar-refractivity contribution >= 4 is 22.0 Å². The number of hydrogen-bond acceptors (Lipinski definition) is 5. The van der Waals surface area contributed by atoms with Crippen LogP contribution in [0.3, 0.4) is 0 Å². The van der Waals surface area contributed by atoms with Crippen LogP contribution in [0, 0.1) is 0 Å². The molecular formula is C16H21BrF3NO5. The van der Waals surface area contributed by atoms with E-state index >= 15 is 0 Å². The van der Waals surface area contributed by atoms with E-state index in [-0.39, 0.29) is 18.5 Å². The molecule has 0 radical (unpaired) electrons. The molecule has 1 aromatic rings. The van der Waals surface area contributed by atoms with Crippen LogP contribution >= 0.6 is 15.9 Å². The van der Waals surface area contributed by atoms with E-state index in [1.54, 1.807) is 20.8 Å². The van der Waals surface area contributed by atoms with Crippen LogP contribution in [0.5, 0.6) is 5.75 Å². The molecule has 0 aliphatic carbocycles. The summed E-state index contributed by atoms with van der Waals surface area (Å²) in [4.78, 5) is 11.5. The SMILES string of the molecule is CC(C)(C)OC(=O)NCCC(O)C(O)c1ccc(Br)cc1OC(F)(F)F. The van der Waals surface area contributed by atoms with Gasteiger partial charge in [-0.15, -0.1) is 13.2 Å². The van der Waals surface area contributed by atoms with Gasteiger partial charge in [0.15, 0.2) is 0 Å². The normalized spacial score (nSPS) is 14.5. The Morgan fingerprint density at radius 1 is 1.27 bits per heavy atom. The summed E-state index contributed by atoms with van der Waals surface area (Å²) < 4.78 is 46.7. The molecule has 6 nitrogen and oxygen atoms in total. The number of alkyl halides is 3. The molecule has 3 N–H and O–H groups in total. The van der Waals surface area contributed by atoms with Gasteiger partial charge in [-0.1, -0.05) is 22.0 Å². The average Bonchev–Trinajstić information content (AvgIpc) is 2.42. The average molecular weight is 444 g/mol. The van der Waals surface area contributed by atoms with Crippen LogP contribution in [0.4, 0.5) is 18.0 Å². The molecule has 0 fully saturated rings. The van der Waals surface area contributed by atoms with Crippen LogP contribution in [0.25, 0.3) is 0 Å². The van der Waals surface area contributed by atoms with Crippen molar-refractivity contribution in [3.8, 4) is 5.75 Å². The first kappa shape index (κ1) is 22.5. The fourth-order valence-electron chi connectivity index (χ4n) is 1.97. The highest BCUT2D eigenvalue weighted by molar-refractivity contribution is 9.10. The fourth-order valence-corrected chi connectivity index (χ4v) is 2.31. The molecule has 0 saturated heterocycles. The Morgan fingerprint density at radius 2 is 1.88 bits per heavy atom. The lowest BCUT2D eigenvalue weighted by molar-refractivity contribution is -0.275. The van der Waals surface area contributed by atoms with Crippen molar-refractivity contribution in [3.05, 3.63) is 28.2 Å². The highest BCUT2D eigenvalue weighted by Crippen LogP contribution is 2.34. The van der Waals surface area contributed by atoms with Crippen LogP contribution in [0.15, 0.2) is 22.7 Å². The molecule has 0 spiro atoms. The van der Waals surface area contributed by atoms with Gasteiger partial charge in [0.25, 0.3) is 0 Å². The summed E-state index contributed by atoms with van der Waals surface area (Å²) in [6.07, 6.45) is -8.83. The Kier molecular flexibility index (Phi) is 7.72. The molecule has 2 unspecified atom stereocenters. The Balaban J connectivity index is 2.71. The van der Waals surface area contributed by atoms with Gasteiger partial charge < -0.3 is 25.0 Å². The number of benzene rings is 1. The number of rotatable bonds is 6. The van der Waals surface area contributed by atoms with Crippen LogP contribution in [-0.4, -0.2) is 40.9 Å². The van der Waals surface area contributed by atoms with Gasteiger partial charge in [-0.2, -0.15) is 0 Å². The molecule has 148 valence electrons. The van der Waals surface area contributed by atoms with Gasteiger partial charge in [-0.3, -0.25) is 0 Å². The largest absolute Gasteiger partial charge is 0.573 e. The van der Waals surface area contributed by atoms with E-state index in [1.807, 2.05) is 0 Å². The van der Waals surface area contributed by atoms with Gasteiger partial charge >= 0.3 is 12.5 Å². The van der Waals surface area contributed by atoms with E-state index in [4.69, 9.17) is 4.74 Å². The summed E-state index contributed by atoms with van der Waals surface area (Å²) in [6, 6.07) is 3.66. The molecule has 0 aliphatic heterocycles. The van der Waals surface area contributed by atoms with Crippen LogP contribution < -0.4 is 10.1 Å². The zero-order chi connectivity index (χ0) is 20.1. The van der Waals surface area contributed by atoms with Gasteiger partial charge in [-0.05, 0) is 39.3 Å². The molecule has 0 aromatic heterocycles. The Labute approximate surface area is 157 Å². The second-order valence-electron chi connectivity index (χ2n) is 6.46. The first-order valence-electron chi connectivity index (χ1n) is 7.66. The molecule has 26 heavy (non-hydrogen) atoms. The lowest BCUT2D eigenvalue weighted by Gasteiger charge is -2.22. The zero-order valence-corrected chi connectivity index (χ0v) is 16.0. The highest BCUT2D eigenvalue weighted by Gasteiger charge is 2.34. The molecule has 10 heteroatoms. The molecule has 0 aliphatic rings. The van der Waals surface area contributed by atoms with Crippen molar-refractivity contribution in [2.24, 2.45) is 0 Å². The summed E-state index contributed by atoms with van der Waals surface area (Å²) in [5, 5.41) is 22.6. The summed E-state index contributed by atoms with van der Waals surface area (Å²) in [5.74, 6) is -0.626. The number of hydrogen-bond donors (Lipinski definition) is 3. The minimum absolute atomic E-state index is 0.0425. The van der Waals surface area contributed by atoms with E-state index < -0.39 is 36.0 Å². The Bertz CT molecular complexity index is 619.